The smallest absolute Gasteiger partial charge is 0.341 e. The van der Waals surface area contributed by atoms with Crippen molar-refractivity contribution in [3.8, 4) is 23.6 Å². The van der Waals surface area contributed by atoms with Crippen molar-refractivity contribution in [2.45, 2.75) is 27.4 Å². The van der Waals surface area contributed by atoms with Crippen molar-refractivity contribution in [3.63, 3.8) is 0 Å². The molecule has 0 saturated heterocycles. The molecule has 188 valence electrons. The second kappa shape index (κ2) is 12.4. The lowest BCUT2D eigenvalue weighted by molar-refractivity contribution is -0.112. The Bertz CT molecular complexity index is 1440. The zero-order valence-electron chi connectivity index (χ0n) is 20.9. The van der Waals surface area contributed by atoms with Crippen molar-refractivity contribution in [2.24, 2.45) is 0 Å². The van der Waals surface area contributed by atoms with Crippen molar-refractivity contribution < 1.29 is 23.8 Å². The number of hydrogen-bond donors (Lipinski definition) is 1. The summed E-state index contributed by atoms with van der Waals surface area (Å²) in [6, 6.07) is 16.2. The summed E-state index contributed by atoms with van der Waals surface area (Å²) in [4.78, 5) is 26.2. The molecule has 0 radical (unpaired) electrons. The van der Waals surface area contributed by atoms with Crippen LogP contribution in [0.4, 0.5) is 5.00 Å². The van der Waals surface area contributed by atoms with Crippen LogP contribution in [-0.4, -0.2) is 25.6 Å². The topological polar surface area (TPSA) is 121 Å². The highest BCUT2D eigenvalue weighted by Gasteiger charge is 2.23. The van der Waals surface area contributed by atoms with E-state index in [0.29, 0.717) is 27.6 Å². The summed E-state index contributed by atoms with van der Waals surface area (Å²) in [5.41, 5.74) is 2.65. The standard InChI is InChI=1S/C28H25N3O5S/c1-5-35-28(33)25-17(2)18(3)37-27(25)31-26(32)22(15-30)12-19-10-11-23(24(13-19)34-4)36-16-21-9-7-6-8-20(21)14-29/h6-13H,5,16H2,1-4H3,(H,31,32)/b22-12+. The van der Waals surface area contributed by atoms with Crippen LogP contribution in [0, 0.1) is 36.5 Å². The molecule has 37 heavy (non-hydrogen) atoms. The van der Waals surface area contributed by atoms with E-state index >= 15 is 0 Å². The summed E-state index contributed by atoms with van der Waals surface area (Å²) >= 11 is 1.25. The number of hydrogen-bond acceptors (Lipinski definition) is 8. The van der Waals surface area contributed by atoms with Gasteiger partial charge in [0, 0.05) is 10.4 Å². The molecule has 1 amide bonds. The van der Waals surface area contributed by atoms with E-state index in [9.17, 15) is 20.1 Å². The monoisotopic (exact) mass is 515 g/mol. The Morgan fingerprint density at radius 2 is 1.86 bits per heavy atom. The summed E-state index contributed by atoms with van der Waals surface area (Å²) in [7, 11) is 1.48. The van der Waals surface area contributed by atoms with Crippen LogP contribution in [0.15, 0.2) is 48.0 Å². The van der Waals surface area contributed by atoms with E-state index in [1.54, 1.807) is 44.2 Å². The van der Waals surface area contributed by atoms with Gasteiger partial charge in [-0.05, 0) is 56.2 Å². The maximum Gasteiger partial charge on any atom is 0.341 e. The molecular weight excluding hydrogens is 490 g/mol. The molecule has 0 atom stereocenters. The fourth-order valence-corrected chi connectivity index (χ4v) is 4.50. The second-order valence-electron chi connectivity index (χ2n) is 7.80. The van der Waals surface area contributed by atoms with E-state index in [4.69, 9.17) is 14.2 Å². The molecule has 3 aromatic rings. The first-order valence-corrected chi connectivity index (χ1v) is 12.1. The van der Waals surface area contributed by atoms with Gasteiger partial charge in [0.15, 0.2) is 11.5 Å². The van der Waals surface area contributed by atoms with Crippen molar-refractivity contribution in [3.05, 3.63) is 80.7 Å². The lowest BCUT2D eigenvalue weighted by Gasteiger charge is -2.12. The SMILES string of the molecule is CCOC(=O)c1c(NC(=O)/C(C#N)=C/c2ccc(OCc3ccccc3C#N)c(OC)c2)sc(C)c1C. The predicted molar refractivity (Wildman–Crippen MR) is 140 cm³/mol. The summed E-state index contributed by atoms with van der Waals surface area (Å²) in [5.74, 6) is -0.337. The van der Waals surface area contributed by atoms with Crippen LogP contribution in [0.2, 0.25) is 0 Å². The largest absolute Gasteiger partial charge is 0.493 e. The molecule has 0 spiro atoms. The normalized spacial score (nSPS) is 10.7. The fourth-order valence-electron chi connectivity index (χ4n) is 3.45. The van der Waals surface area contributed by atoms with Crippen LogP contribution in [-0.2, 0) is 16.1 Å². The third-order valence-corrected chi connectivity index (χ3v) is 6.60. The summed E-state index contributed by atoms with van der Waals surface area (Å²) in [5, 5.41) is 21.9. The number of benzene rings is 2. The number of amides is 1. The maximum absolute atomic E-state index is 12.9. The highest BCUT2D eigenvalue weighted by Crippen LogP contribution is 2.34. The zero-order valence-corrected chi connectivity index (χ0v) is 21.7. The molecule has 0 saturated carbocycles. The Kier molecular flexibility index (Phi) is 9.04. The Morgan fingerprint density at radius 3 is 2.54 bits per heavy atom. The van der Waals surface area contributed by atoms with Crippen LogP contribution >= 0.6 is 11.3 Å². The first-order chi connectivity index (χ1) is 17.8. The summed E-state index contributed by atoms with van der Waals surface area (Å²) in [6.07, 6.45) is 1.42. The number of carbonyl (C=O) groups is 2. The van der Waals surface area contributed by atoms with Gasteiger partial charge in [0.05, 0.1) is 30.9 Å². The molecule has 0 aliphatic carbocycles. The average molecular weight is 516 g/mol. The number of thiophene rings is 1. The molecule has 1 aromatic heterocycles. The molecule has 0 aliphatic heterocycles. The van der Waals surface area contributed by atoms with Crippen molar-refractivity contribution >= 4 is 34.3 Å². The quantitative estimate of drug-likeness (QED) is 0.225. The van der Waals surface area contributed by atoms with Crippen LogP contribution in [0.3, 0.4) is 0 Å². The molecule has 9 heteroatoms. The molecule has 1 heterocycles. The van der Waals surface area contributed by atoms with Crippen molar-refractivity contribution in [1.82, 2.24) is 0 Å². The number of ether oxygens (including phenoxy) is 3. The molecule has 0 unspecified atom stereocenters. The fraction of sp³-hybridized carbons (Fsp3) is 0.214. The number of anilines is 1. The lowest BCUT2D eigenvalue weighted by atomic mass is 10.1. The van der Waals surface area contributed by atoms with E-state index in [2.05, 4.69) is 11.4 Å². The van der Waals surface area contributed by atoms with Crippen LogP contribution in [0.1, 0.15) is 44.4 Å². The minimum Gasteiger partial charge on any atom is -0.493 e. The van der Waals surface area contributed by atoms with Gasteiger partial charge in [-0.15, -0.1) is 11.3 Å². The molecule has 0 fully saturated rings. The van der Waals surface area contributed by atoms with E-state index < -0.39 is 11.9 Å². The van der Waals surface area contributed by atoms with Crippen molar-refractivity contribution in [1.29, 1.82) is 10.5 Å². The molecule has 2 aromatic carbocycles. The van der Waals surface area contributed by atoms with E-state index in [1.807, 2.05) is 25.1 Å². The highest BCUT2D eigenvalue weighted by molar-refractivity contribution is 7.16. The number of rotatable bonds is 9. The van der Waals surface area contributed by atoms with E-state index in [0.717, 1.165) is 16.0 Å². The summed E-state index contributed by atoms with van der Waals surface area (Å²) < 4.78 is 16.4. The van der Waals surface area contributed by atoms with Gasteiger partial charge in [-0.3, -0.25) is 4.79 Å². The van der Waals surface area contributed by atoms with Gasteiger partial charge >= 0.3 is 5.97 Å². The molecule has 1 N–H and O–H groups in total. The van der Waals surface area contributed by atoms with Crippen LogP contribution in [0.25, 0.3) is 6.08 Å². The van der Waals surface area contributed by atoms with E-state index in [-0.39, 0.29) is 24.4 Å². The number of nitrogens with zero attached hydrogens (tertiary/aromatic N) is 2. The Balaban J connectivity index is 1.82. The first kappa shape index (κ1) is 27.0. The third kappa shape index (κ3) is 6.35. The van der Waals surface area contributed by atoms with Gasteiger partial charge in [0.1, 0.15) is 23.3 Å². The minimum atomic E-state index is -0.651. The maximum atomic E-state index is 12.9. The van der Waals surface area contributed by atoms with Gasteiger partial charge in [-0.25, -0.2) is 4.79 Å². The number of nitriles is 2. The lowest BCUT2D eigenvalue weighted by Crippen LogP contribution is -2.16. The molecular formula is C28H25N3O5S. The Hall–Kier alpha value is -4.60. The number of methoxy groups -OCH3 is 1. The second-order valence-corrected chi connectivity index (χ2v) is 9.02. The highest BCUT2D eigenvalue weighted by atomic mass is 32.1. The Labute approximate surface area is 219 Å². The number of esters is 1. The van der Waals surface area contributed by atoms with Gasteiger partial charge in [0.25, 0.3) is 5.91 Å². The third-order valence-electron chi connectivity index (χ3n) is 5.48. The summed E-state index contributed by atoms with van der Waals surface area (Å²) in [6.45, 7) is 5.70. The Morgan fingerprint density at radius 1 is 1.11 bits per heavy atom. The first-order valence-electron chi connectivity index (χ1n) is 11.3. The predicted octanol–water partition coefficient (Wildman–Crippen LogP) is 5.55. The van der Waals surface area contributed by atoms with Crippen LogP contribution < -0.4 is 14.8 Å². The average Bonchev–Trinajstić information content (AvgIpc) is 3.18. The van der Waals surface area contributed by atoms with Gasteiger partial charge < -0.3 is 19.5 Å². The van der Waals surface area contributed by atoms with Gasteiger partial charge in [-0.1, -0.05) is 24.3 Å². The van der Waals surface area contributed by atoms with Gasteiger partial charge in [0.2, 0.25) is 0 Å². The number of aryl methyl sites for hydroxylation is 1. The van der Waals surface area contributed by atoms with Crippen LogP contribution in [0.5, 0.6) is 11.5 Å². The van der Waals surface area contributed by atoms with Crippen molar-refractivity contribution in [2.75, 3.05) is 19.0 Å². The molecule has 3 rings (SSSR count). The molecule has 0 bridgehead atoms. The molecule has 0 aliphatic rings. The minimum absolute atomic E-state index is 0.155. The van der Waals surface area contributed by atoms with E-state index in [1.165, 1.54) is 24.5 Å². The number of carbonyl (C=O) groups excluding carboxylic acids is 2. The zero-order chi connectivity index (χ0) is 26.9. The number of nitrogens with one attached hydrogen (secondary N) is 1. The molecule has 8 nitrogen and oxygen atoms in total. The van der Waals surface area contributed by atoms with Gasteiger partial charge in [-0.2, -0.15) is 10.5 Å².